The summed E-state index contributed by atoms with van der Waals surface area (Å²) in [6, 6.07) is 23.0. The highest BCUT2D eigenvalue weighted by Gasteiger charge is 2.35. The molecule has 1 amide bonds. The van der Waals surface area contributed by atoms with Gasteiger partial charge >= 0.3 is 0 Å². The van der Waals surface area contributed by atoms with Gasteiger partial charge in [-0.3, -0.25) is 4.79 Å². The van der Waals surface area contributed by atoms with Gasteiger partial charge in [0.2, 0.25) is 0 Å². The zero-order valence-electron chi connectivity index (χ0n) is 19.2. The van der Waals surface area contributed by atoms with Gasteiger partial charge in [0.1, 0.15) is 5.75 Å². The molecule has 35 heavy (non-hydrogen) atoms. The number of aromatic nitrogens is 1. The van der Waals surface area contributed by atoms with E-state index in [1.165, 1.54) is 0 Å². The van der Waals surface area contributed by atoms with Crippen molar-refractivity contribution in [2.45, 2.75) is 12.8 Å². The molecule has 5 nitrogen and oxygen atoms in total. The first kappa shape index (κ1) is 21.6. The molecule has 5 aromatic rings. The van der Waals surface area contributed by atoms with Gasteiger partial charge in [0.25, 0.3) is 5.91 Å². The second-order valence-corrected chi connectivity index (χ2v) is 9.51. The summed E-state index contributed by atoms with van der Waals surface area (Å²) >= 11 is 6.38. The first-order valence-electron chi connectivity index (χ1n) is 11.6. The van der Waals surface area contributed by atoms with Crippen molar-refractivity contribution in [3.8, 4) is 17.0 Å². The lowest BCUT2D eigenvalue weighted by atomic mass is 9.92. The highest BCUT2D eigenvalue weighted by molar-refractivity contribution is 6.19. The predicted molar refractivity (Wildman–Crippen MR) is 144 cm³/mol. The van der Waals surface area contributed by atoms with Gasteiger partial charge < -0.3 is 20.7 Å². The molecule has 0 saturated heterocycles. The molecule has 0 unspecified atom stereocenters. The summed E-state index contributed by atoms with van der Waals surface area (Å²) in [5, 5.41) is 13.6. The monoisotopic (exact) mass is 481 g/mol. The van der Waals surface area contributed by atoms with Crippen molar-refractivity contribution in [2.75, 3.05) is 23.1 Å². The number of hydrogen-bond donors (Lipinski definition) is 3. The Hall–Kier alpha value is -3.96. The van der Waals surface area contributed by atoms with Crippen LogP contribution >= 0.6 is 11.6 Å². The van der Waals surface area contributed by atoms with E-state index >= 15 is 0 Å². The number of phenolic OH excluding ortho intramolecular Hbond substituents is 1. The molecular weight excluding hydrogens is 458 g/mol. The van der Waals surface area contributed by atoms with Crippen molar-refractivity contribution in [1.29, 1.82) is 0 Å². The lowest BCUT2D eigenvalue weighted by molar-refractivity contribution is 0.0988. The van der Waals surface area contributed by atoms with E-state index in [1.807, 2.05) is 67.6 Å². The Morgan fingerprint density at radius 1 is 1.11 bits per heavy atom. The van der Waals surface area contributed by atoms with Gasteiger partial charge in [0, 0.05) is 57.6 Å². The third-order valence-corrected chi connectivity index (χ3v) is 7.36. The number of fused-ring (bicyclic) bond motifs is 4. The molecule has 4 aromatic carbocycles. The molecule has 0 saturated carbocycles. The van der Waals surface area contributed by atoms with Crippen molar-refractivity contribution in [2.24, 2.45) is 0 Å². The minimum atomic E-state index is -0.114. The maximum atomic E-state index is 13.7. The van der Waals surface area contributed by atoms with E-state index < -0.39 is 0 Å². The summed E-state index contributed by atoms with van der Waals surface area (Å²) in [5.74, 6) is 0.442. The van der Waals surface area contributed by atoms with Crippen molar-refractivity contribution >= 4 is 50.6 Å². The number of H-pyrrole nitrogens is 1. The van der Waals surface area contributed by atoms with Crippen LogP contribution < -0.4 is 10.6 Å². The van der Waals surface area contributed by atoms with E-state index in [4.69, 9.17) is 17.3 Å². The summed E-state index contributed by atoms with van der Waals surface area (Å²) in [6.07, 6.45) is 0. The van der Waals surface area contributed by atoms with Crippen LogP contribution in [0, 0.1) is 6.92 Å². The number of nitrogens with zero attached hydrogens (tertiary/aromatic N) is 1. The standard InChI is InChI=1S/C29H24ClN3O2/c1-16-3-2-4-22-26(34)13-25-28(27(16)22)20(14-30)15-33(25)29(35)19-6-5-18-11-23(32-24(18)12-19)17-7-9-21(31)10-8-17/h2-13,20,32,34H,14-15,31H2,1H3/t20-/m1/s1. The molecule has 1 aliphatic heterocycles. The van der Waals surface area contributed by atoms with Crippen LogP contribution in [0.5, 0.6) is 5.75 Å². The summed E-state index contributed by atoms with van der Waals surface area (Å²) in [4.78, 5) is 18.9. The van der Waals surface area contributed by atoms with Crippen LogP contribution in [0.2, 0.25) is 0 Å². The highest BCUT2D eigenvalue weighted by Crippen LogP contribution is 2.46. The number of halogens is 1. The number of aryl methyl sites for hydroxylation is 1. The second-order valence-electron chi connectivity index (χ2n) is 9.20. The lowest BCUT2D eigenvalue weighted by Gasteiger charge is -2.19. The molecular formula is C29H24ClN3O2. The second kappa shape index (κ2) is 8.07. The zero-order chi connectivity index (χ0) is 24.3. The van der Waals surface area contributed by atoms with Gasteiger partial charge in [-0.2, -0.15) is 0 Å². The molecule has 2 heterocycles. The SMILES string of the molecule is Cc1cccc2c(O)cc3c(c12)[C@H](CCl)CN3C(=O)c1ccc2cc(-c3ccc(N)cc3)[nH]c2c1. The van der Waals surface area contributed by atoms with E-state index in [1.54, 1.807) is 11.0 Å². The van der Waals surface area contributed by atoms with Crippen LogP contribution in [-0.2, 0) is 0 Å². The van der Waals surface area contributed by atoms with Gasteiger partial charge in [-0.05, 0) is 59.3 Å². The number of carbonyl (C=O) groups excluding carboxylic acids is 1. The number of phenols is 1. The fourth-order valence-corrected chi connectivity index (χ4v) is 5.50. The van der Waals surface area contributed by atoms with Crippen LogP contribution in [-0.4, -0.2) is 28.4 Å². The Kier molecular flexibility index (Phi) is 4.97. The van der Waals surface area contributed by atoms with Crippen LogP contribution in [0.15, 0.2) is 72.8 Å². The van der Waals surface area contributed by atoms with E-state index in [-0.39, 0.29) is 17.6 Å². The van der Waals surface area contributed by atoms with E-state index in [9.17, 15) is 9.90 Å². The minimum absolute atomic E-state index is 0.00819. The molecule has 0 spiro atoms. The summed E-state index contributed by atoms with van der Waals surface area (Å²) < 4.78 is 0. The molecule has 6 rings (SSSR count). The average Bonchev–Trinajstić information content (AvgIpc) is 3.45. The maximum absolute atomic E-state index is 13.7. The number of aromatic amines is 1. The fraction of sp³-hybridized carbons (Fsp3) is 0.138. The average molecular weight is 482 g/mol. The number of anilines is 2. The summed E-state index contributed by atoms with van der Waals surface area (Å²) in [6.45, 7) is 2.50. The van der Waals surface area contributed by atoms with Crippen molar-refractivity contribution in [3.05, 3.63) is 89.5 Å². The fourth-order valence-electron chi connectivity index (χ4n) is 5.25. The number of nitrogens with two attached hydrogens (primary N) is 1. The van der Waals surface area contributed by atoms with Crippen molar-refractivity contribution in [1.82, 2.24) is 4.98 Å². The topological polar surface area (TPSA) is 82.3 Å². The predicted octanol–water partition coefficient (Wildman–Crippen LogP) is 6.57. The van der Waals surface area contributed by atoms with Gasteiger partial charge in [0.15, 0.2) is 0 Å². The molecule has 0 bridgehead atoms. The van der Waals surface area contributed by atoms with Gasteiger partial charge in [-0.25, -0.2) is 0 Å². The van der Waals surface area contributed by atoms with E-state index in [2.05, 4.69) is 11.1 Å². The first-order valence-corrected chi connectivity index (χ1v) is 12.1. The number of benzene rings is 4. The number of carbonyl (C=O) groups is 1. The normalized spacial score (nSPS) is 15.1. The van der Waals surface area contributed by atoms with Crippen LogP contribution in [0.3, 0.4) is 0 Å². The molecule has 0 fully saturated rings. The van der Waals surface area contributed by atoms with Crippen LogP contribution in [0.25, 0.3) is 32.9 Å². The van der Waals surface area contributed by atoms with Gasteiger partial charge in [-0.15, -0.1) is 11.6 Å². The number of alkyl halides is 1. The number of hydrogen-bond acceptors (Lipinski definition) is 3. The number of amides is 1. The molecule has 1 atom stereocenters. The van der Waals surface area contributed by atoms with Crippen molar-refractivity contribution in [3.63, 3.8) is 0 Å². The molecule has 1 aliphatic rings. The number of nitrogens with one attached hydrogen (secondary N) is 1. The molecule has 6 heteroatoms. The number of rotatable bonds is 3. The molecule has 4 N–H and O–H groups in total. The largest absolute Gasteiger partial charge is 0.507 e. The van der Waals surface area contributed by atoms with E-state index in [0.29, 0.717) is 23.7 Å². The molecule has 174 valence electrons. The molecule has 1 aromatic heterocycles. The Morgan fingerprint density at radius 3 is 2.69 bits per heavy atom. The van der Waals surface area contributed by atoms with Gasteiger partial charge in [0.05, 0.1) is 5.69 Å². The number of aromatic hydroxyl groups is 1. The lowest BCUT2D eigenvalue weighted by Crippen LogP contribution is -2.30. The third-order valence-electron chi connectivity index (χ3n) is 6.99. The Bertz CT molecular complexity index is 1620. The Balaban J connectivity index is 1.42. The van der Waals surface area contributed by atoms with Crippen molar-refractivity contribution < 1.29 is 9.90 Å². The molecule has 0 radical (unpaired) electrons. The maximum Gasteiger partial charge on any atom is 0.258 e. The Morgan fingerprint density at radius 2 is 1.91 bits per heavy atom. The van der Waals surface area contributed by atoms with E-state index in [0.717, 1.165) is 49.7 Å². The zero-order valence-corrected chi connectivity index (χ0v) is 19.9. The number of nitrogen functional groups attached to an aromatic ring is 1. The molecule has 0 aliphatic carbocycles. The first-order chi connectivity index (χ1) is 16.9. The van der Waals surface area contributed by atoms with Gasteiger partial charge in [-0.1, -0.05) is 36.4 Å². The van der Waals surface area contributed by atoms with Crippen LogP contribution in [0.1, 0.15) is 27.4 Å². The van der Waals surface area contributed by atoms with Crippen LogP contribution in [0.4, 0.5) is 11.4 Å². The quantitative estimate of drug-likeness (QED) is 0.201. The minimum Gasteiger partial charge on any atom is -0.507 e. The summed E-state index contributed by atoms with van der Waals surface area (Å²) in [7, 11) is 0. The third kappa shape index (κ3) is 3.43. The summed E-state index contributed by atoms with van der Waals surface area (Å²) in [5.41, 5.74) is 12.8. The Labute approximate surface area is 207 Å². The highest BCUT2D eigenvalue weighted by atomic mass is 35.5. The smallest absolute Gasteiger partial charge is 0.258 e.